The predicted molar refractivity (Wildman–Crippen MR) is 66.3 cm³/mol. The Labute approximate surface area is 93.6 Å². The van der Waals surface area contributed by atoms with Crippen LogP contribution in [0, 0.1) is 0 Å². The maximum absolute atomic E-state index is 4.33. The Balaban J connectivity index is 0.000000921. The van der Waals surface area contributed by atoms with Crippen LogP contribution >= 0.6 is 0 Å². The lowest BCUT2D eigenvalue weighted by Crippen LogP contribution is -2.17. The first-order valence-corrected chi connectivity index (χ1v) is 5.80. The quantitative estimate of drug-likeness (QED) is 0.763. The second-order valence-electron chi connectivity index (χ2n) is 3.13. The van der Waals surface area contributed by atoms with Gasteiger partial charge in [0.1, 0.15) is 5.82 Å². The number of hydrogen-bond acceptors (Lipinski definition) is 3. The van der Waals surface area contributed by atoms with Crippen LogP contribution in [0.5, 0.6) is 0 Å². The average Bonchev–Trinajstić information content (AvgIpc) is 2.32. The van der Waals surface area contributed by atoms with Gasteiger partial charge in [-0.2, -0.15) is 0 Å². The zero-order valence-electron chi connectivity index (χ0n) is 10.6. The van der Waals surface area contributed by atoms with Crippen LogP contribution in [0.15, 0.2) is 12.4 Å². The van der Waals surface area contributed by atoms with Gasteiger partial charge in [-0.3, -0.25) is 4.98 Å². The fourth-order valence-electron chi connectivity index (χ4n) is 1.09. The highest BCUT2D eigenvalue weighted by molar-refractivity contribution is 5.33. The van der Waals surface area contributed by atoms with Gasteiger partial charge in [0, 0.05) is 13.6 Å². The molecule has 0 spiro atoms. The molecule has 1 aromatic rings. The molecule has 0 atom stereocenters. The standard InChI is InChI=1S/C10H17N3.C2H6/c1-4-6-9-7-12-10(8-11-9)13(3)5-2;1-2/h7-8H,4-6H2,1-3H3;1-2H3. The molecule has 3 nitrogen and oxygen atoms in total. The van der Waals surface area contributed by atoms with Gasteiger partial charge in [-0.25, -0.2) is 4.98 Å². The van der Waals surface area contributed by atoms with Crippen molar-refractivity contribution >= 4 is 5.82 Å². The molecular formula is C12H23N3. The third kappa shape index (κ3) is 4.77. The van der Waals surface area contributed by atoms with Crippen LogP contribution in [-0.2, 0) is 6.42 Å². The van der Waals surface area contributed by atoms with Gasteiger partial charge in [0.15, 0.2) is 0 Å². The minimum atomic E-state index is 0.947. The first-order chi connectivity index (χ1) is 7.27. The Kier molecular flexibility index (Phi) is 7.60. The van der Waals surface area contributed by atoms with E-state index >= 15 is 0 Å². The highest BCUT2D eigenvalue weighted by Gasteiger charge is 1.99. The normalized spacial score (nSPS) is 9.13. The largest absolute Gasteiger partial charge is 0.359 e. The first-order valence-electron chi connectivity index (χ1n) is 5.80. The SMILES string of the molecule is CC.CCCc1cnc(N(C)CC)cn1. The summed E-state index contributed by atoms with van der Waals surface area (Å²) >= 11 is 0. The van der Waals surface area contributed by atoms with Gasteiger partial charge < -0.3 is 4.90 Å². The van der Waals surface area contributed by atoms with Crippen LogP contribution in [0.4, 0.5) is 5.82 Å². The number of aryl methyl sites for hydroxylation is 1. The van der Waals surface area contributed by atoms with Crippen molar-refractivity contribution in [3.05, 3.63) is 18.1 Å². The van der Waals surface area contributed by atoms with Gasteiger partial charge >= 0.3 is 0 Å². The minimum Gasteiger partial charge on any atom is -0.359 e. The van der Waals surface area contributed by atoms with Crippen molar-refractivity contribution in [2.24, 2.45) is 0 Å². The number of nitrogens with zero attached hydrogens (tertiary/aromatic N) is 3. The Morgan fingerprint density at radius 3 is 2.20 bits per heavy atom. The van der Waals surface area contributed by atoms with E-state index in [-0.39, 0.29) is 0 Å². The van der Waals surface area contributed by atoms with E-state index in [1.54, 1.807) is 0 Å². The van der Waals surface area contributed by atoms with Crippen molar-refractivity contribution < 1.29 is 0 Å². The number of anilines is 1. The number of hydrogen-bond donors (Lipinski definition) is 0. The molecule has 0 fully saturated rings. The van der Waals surface area contributed by atoms with Gasteiger partial charge in [0.25, 0.3) is 0 Å². The van der Waals surface area contributed by atoms with Crippen LogP contribution in [-0.4, -0.2) is 23.6 Å². The molecule has 0 N–H and O–H groups in total. The van der Waals surface area contributed by atoms with Crippen molar-refractivity contribution in [2.75, 3.05) is 18.5 Å². The summed E-state index contributed by atoms with van der Waals surface area (Å²) in [4.78, 5) is 10.7. The van der Waals surface area contributed by atoms with Crippen molar-refractivity contribution in [1.82, 2.24) is 9.97 Å². The molecule has 1 rings (SSSR count). The Bertz CT molecular complexity index is 244. The van der Waals surface area contributed by atoms with Crippen molar-refractivity contribution in [3.63, 3.8) is 0 Å². The summed E-state index contributed by atoms with van der Waals surface area (Å²) in [5, 5.41) is 0. The van der Waals surface area contributed by atoms with Crippen LogP contribution in [0.25, 0.3) is 0 Å². The molecule has 15 heavy (non-hydrogen) atoms. The molecule has 86 valence electrons. The van der Waals surface area contributed by atoms with E-state index in [0.29, 0.717) is 0 Å². The third-order valence-corrected chi connectivity index (χ3v) is 2.06. The molecule has 0 bridgehead atoms. The molecule has 0 aliphatic carbocycles. The fourth-order valence-corrected chi connectivity index (χ4v) is 1.09. The van der Waals surface area contributed by atoms with Crippen LogP contribution < -0.4 is 4.90 Å². The minimum absolute atomic E-state index is 0.947. The van der Waals surface area contributed by atoms with E-state index in [0.717, 1.165) is 30.9 Å². The summed E-state index contributed by atoms with van der Waals surface area (Å²) < 4.78 is 0. The Morgan fingerprint density at radius 2 is 1.80 bits per heavy atom. The molecular weight excluding hydrogens is 186 g/mol. The fraction of sp³-hybridized carbons (Fsp3) is 0.667. The Hall–Kier alpha value is -1.12. The lowest BCUT2D eigenvalue weighted by molar-refractivity contribution is 0.856. The van der Waals surface area contributed by atoms with Crippen LogP contribution in [0.1, 0.15) is 39.8 Å². The van der Waals surface area contributed by atoms with E-state index in [4.69, 9.17) is 0 Å². The van der Waals surface area contributed by atoms with Crippen molar-refractivity contribution in [1.29, 1.82) is 0 Å². The summed E-state index contributed by atoms with van der Waals surface area (Å²) in [6, 6.07) is 0. The summed E-state index contributed by atoms with van der Waals surface area (Å²) in [7, 11) is 2.02. The van der Waals surface area contributed by atoms with Crippen molar-refractivity contribution in [3.8, 4) is 0 Å². The molecule has 0 saturated carbocycles. The van der Waals surface area contributed by atoms with Gasteiger partial charge in [-0.05, 0) is 13.3 Å². The summed E-state index contributed by atoms with van der Waals surface area (Å²) in [6.45, 7) is 9.21. The molecule has 0 aromatic carbocycles. The van der Waals surface area contributed by atoms with E-state index < -0.39 is 0 Å². The van der Waals surface area contributed by atoms with E-state index in [1.807, 2.05) is 33.3 Å². The maximum Gasteiger partial charge on any atom is 0.146 e. The van der Waals surface area contributed by atoms with Gasteiger partial charge in [0.05, 0.1) is 18.1 Å². The van der Waals surface area contributed by atoms with Crippen LogP contribution in [0.2, 0.25) is 0 Å². The zero-order chi connectivity index (χ0) is 11.7. The molecule has 3 heteroatoms. The summed E-state index contributed by atoms with van der Waals surface area (Å²) in [5.74, 6) is 0.947. The monoisotopic (exact) mass is 209 g/mol. The van der Waals surface area contributed by atoms with E-state index in [1.165, 1.54) is 0 Å². The Morgan fingerprint density at radius 1 is 1.13 bits per heavy atom. The first kappa shape index (κ1) is 13.9. The number of aromatic nitrogens is 2. The van der Waals surface area contributed by atoms with Gasteiger partial charge in [-0.15, -0.1) is 0 Å². The van der Waals surface area contributed by atoms with E-state index in [2.05, 4.69) is 28.7 Å². The highest BCUT2D eigenvalue weighted by atomic mass is 15.2. The molecule has 0 aliphatic rings. The molecule has 0 unspecified atom stereocenters. The summed E-state index contributed by atoms with van der Waals surface area (Å²) in [5.41, 5.74) is 1.08. The van der Waals surface area contributed by atoms with Crippen LogP contribution in [0.3, 0.4) is 0 Å². The second-order valence-corrected chi connectivity index (χ2v) is 3.13. The average molecular weight is 209 g/mol. The molecule has 0 amide bonds. The second kappa shape index (κ2) is 8.21. The molecule has 0 radical (unpaired) electrons. The number of rotatable bonds is 4. The van der Waals surface area contributed by atoms with Crippen molar-refractivity contribution in [2.45, 2.75) is 40.5 Å². The third-order valence-electron chi connectivity index (χ3n) is 2.06. The van der Waals surface area contributed by atoms with E-state index in [9.17, 15) is 0 Å². The molecule has 1 aromatic heterocycles. The lowest BCUT2D eigenvalue weighted by Gasteiger charge is -2.14. The molecule has 1 heterocycles. The highest BCUT2D eigenvalue weighted by Crippen LogP contribution is 2.06. The summed E-state index contributed by atoms with van der Waals surface area (Å²) in [6.07, 6.45) is 5.85. The lowest BCUT2D eigenvalue weighted by atomic mass is 10.3. The zero-order valence-corrected chi connectivity index (χ0v) is 10.6. The van der Waals surface area contributed by atoms with Gasteiger partial charge in [0.2, 0.25) is 0 Å². The molecule has 0 aliphatic heterocycles. The molecule has 0 saturated heterocycles. The predicted octanol–water partition coefficient (Wildman–Crippen LogP) is 2.91. The maximum atomic E-state index is 4.33. The van der Waals surface area contributed by atoms with Gasteiger partial charge in [-0.1, -0.05) is 27.2 Å². The smallest absolute Gasteiger partial charge is 0.146 e. The topological polar surface area (TPSA) is 29.0 Å².